The van der Waals surface area contributed by atoms with E-state index in [0.717, 1.165) is 25.8 Å². The molecule has 1 fully saturated rings. The highest BCUT2D eigenvalue weighted by Crippen LogP contribution is 2.19. The molecule has 1 N–H and O–H groups in total. The first-order valence-corrected chi connectivity index (χ1v) is 6.09. The number of thioether (sulfide) groups is 1. The zero-order valence-corrected chi connectivity index (χ0v) is 9.75. The summed E-state index contributed by atoms with van der Waals surface area (Å²) in [5.74, 6) is 0.451. The molecule has 0 bridgehead atoms. The molecule has 0 saturated carbocycles. The van der Waals surface area contributed by atoms with Gasteiger partial charge in [-0.05, 0) is 19.6 Å². The normalized spacial score (nSPS) is 23.9. The lowest BCUT2D eigenvalue weighted by Crippen LogP contribution is -2.32. The predicted octanol–water partition coefficient (Wildman–Crippen LogP) is 1.44. The maximum atomic E-state index is 10.3. The summed E-state index contributed by atoms with van der Waals surface area (Å²) in [6.07, 6.45) is 3.85. The summed E-state index contributed by atoms with van der Waals surface area (Å²) < 4.78 is 5.27. The number of rotatable bonds is 5. The van der Waals surface area contributed by atoms with Gasteiger partial charge in [0, 0.05) is 18.6 Å². The first-order valence-electron chi connectivity index (χ1n) is 4.87. The van der Waals surface area contributed by atoms with Crippen molar-refractivity contribution in [2.24, 2.45) is 5.92 Å². The van der Waals surface area contributed by atoms with Crippen LogP contribution in [0.4, 0.5) is 0 Å². The second kappa shape index (κ2) is 5.97. The van der Waals surface area contributed by atoms with Gasteiger partial charge in [0.2, 0.25) is 0 Å². The fourth-order valence-corrected chi connectivity index (χ4v) is 2.03. The summed E-state index contributed by atoms with van der Waals surface area (Å²) in [5.41, 5.74) is 0. The van der Waals surface area contributed by atoms with E-state index in [4.69, 9.17) is 4.74 Å². The molecule has 0 radical (unpaired) electrons. The van der Waals surface area contributed by atoms with Crippen LogP contribution >= 0.6 is 11.8 Å². The average Bonchev–Trinajstić information content (AvgIpc) is 2.68. The Morgan fingerprint density at radius 3 is 3.00 bits per heavy atom. The minimum atomic E-state index is -0.434. The van der Waals surface area contributed by atoms with Crippen molar-refractivity contribution in [2.45, 2.75) is 19.4 Å². The minimum Gasteiger partial charge on any atom is -0.381 e. The molecule has 0 aromatic rings. The standard InChI is InChI=1S/C9H16N2O3S/c1-7(8-3-4-14-6-8)10-9(15-2)5-11(12)13/h5,7-8,10H,3-4,6H2,1-2H3. The summed E-state index contributed by atoms with van der Waals surface area (Å²) in [5, 5.41) is 14.1. The third kappa shape index (κ3) is 4.09. The highest BCUT2D eigenvalue weighted by atomic mass is 32.2. The van der Waals surface area contributed by atoms with Crippen LogP contribution in [-0.4, -0.2) is 30.4 Å². The summed E-state index contributed by atoms with van der Waals surface area (Å²) in [6.45, 7) is 3.57. The van der Waals surface area contributed by atoms with Crippen molar-refractivity contribution in [3.05, 3.63) is 21.3 Å². The number of hydrogen-bond acceptors (Lipinski definition) is 5. The lowest BCUT2D eigenvalue weighted by molar-refractivity contribution is -0.403. The Bertz CT molecular complexity index is 252. The largest absolute Gasteiger partial charge is 0.381 e. The minimum absolute atomic E-state index is 0.214. The van der Waals surface area contributed by atoms with Gasteiger partial charge in [0.1, 0.15) is 5.03 Å². The van der Waals surface area contributed by atoms with Gasteiger partial charge in [0.25, 0.3) is 6.20 Å². The van der Waals surface area contributed by atoms with Crippen LogP contribution in [0, 0.1) is 16.0 Å². The van der Waals surface area contributed by atoms with Gasteiger partial charge in [-0.2, -0.15) is 0 Å². The Morgan fingerprint density at radius 1 is 1.80 bits per heavy atom. The van der Waals surface area contributed by atoms with Gasteiger partial charge in [-0.1, -0.05) is 0 Å². The zero-order valence-electron chi connectivity index (χ0n) is 8.93. The van der Waals surface area contributed by atoms with Crippen LogP contribution < -0.4 is 5.32 Å². The summed E-state index contributed by atoms with van der Waals surface area (Å²) in [7, 11) is 0. The van der Waals surface area contributed by atoms with Crippen molar-refractivity contribution in [3.63, 3.8) is 0 Å². The van der Waals surface area contributed by atoms with E-state index in [9.17, 15) is 10.1 Å². The van der Waals surface area contributed by atoms with Gasteiger partial charge in [-0.25, -0.2) is 0 Å². The van der Waals surface area contributed by atoms with Gasteiger partial charge in [-0.15, -0.1) is 11.8 Å². The number of ether oxygens (including phenoxy) is 1. The molecular weight excluding hydrogens is 216 g/mol. The van der Waals surface area contributed by atoms with E-state index in [1.54, 1.807) is 0 Å². The lowest BCUT2D eigenvalue weighted by Gasteiger charge is -2.20. The predicted molar refractivity (Wildman–Crippen MR) is 60.1 cm³/mol. The molecule has 5 nitrogen and oxygen atoms in total. The van der Waals surface area contributed by atoms with Gasteiger partial charge >= 0.3 is 0 Å². The Balaban J connectivity index is 2.46. The maximum Gasteiger partial charge on any atom is 0.263 e. The van der Waals surface area contributed by atoms with Crippen LogP contribution in [0.25, 0.3) is 0 Å². The topological polar surface area (TPSA) is 64.4 Å². The molecular formula is C9H16N2O3S. The first kappa shape index (κ1) is 12.3. The van der Waals surface area contributed by atoms with Crippen LogP contribution in [0.2, 0.25) is 0 Å². The summed E-state index contributed by atoms with van der Waals surface area (Å²) in [6, 6.07) is 0.214. The second-order valence-electron chi connectivity index (χ2n) is 3.54. The lowest BCUT2D eigenvalue weighted by atomic mass is 10.0. The van der Waals surface area contributed by atoms with E-state index in [-0.39, 0.29) is 6.04 Å². The molecule has 0 spiro atoms. The molecule has 86 valence electrons. The number of nitro groups is 1. The molecule has 2 atom stereocenters. The molecule has 1 heterocycles. The van der Waals surface area contributed by atoms with Crippen LogP contribution in [0.1, 0.15) is 13.3 Å². The first-order chi connectivity index (χ1) is 7.13. The Labute approximate surface area is 93.4 Å². The molecule has 2 unspecified atom stereocenters. The summed E-state index contributed by atoms with van der Waals surface area (Å²) >= 11 is 1.35. The maximum absolute atomic E-state index is 10.3. The average molecular weight is 232 g/mol. The molecule has 0 amide bonds. The van der Waals surface area contributed by atoms with E-state index in [1.807, 2.05) is 13.2 Å². The number of nitrogens with zero attached hydrogens (tertiary/aromatic N) is 1. The number of nitrogens with one attached hydrogen (secondary N) is 1. The quantitative estimate of drug-likeness (QED) is 0.574. The van der Waals surface area contributed by atoms with Gasteiger partial charge in [0.05, 0.1) is 11.5 Å². The van der Waals surface area contributed by atoms with Crippen molar-refractivity contribution >= 4 is 11.8 Å². The molecule has 1 rings (SSSR count). The molecule has 0 aliphatic carbocycles. The van der Waals surface area contributed by atoms with Gasteiger partial charge in [0.15, 0.2) is 0 Å². The zero-order chi connectivity index (χ0) is 11.3. The SMILES string of the molecule is CSC(=C[N+](=O)[O-])NC(C)C1CCOC1. The monoisotopic (exact) mass is 232 g/mol. The van der Waals surface area contributed by atoms with E-state index in [2.05, 4.69) is 5.32 Å². The van der Waals surface area contributed by atoms with Crippen molar-refractivity contribution < 1.29 is 9.66 Å². The Kier molecular flexibility index (Phi) is 4.90. The molecule has 1 aliphatic rings. The van der Waals surface area contributed by atoms with Crippen LogP contribution in [0.3, 0.4) is 0 Å². The highest BCUT2D eigenvalue weighted by molar-refractivity contribution is 8.02. The van der Waals surface area contributed by atoms with E-state index in [1.165, 1.54) is 11.8 Å². The molecule has 1 saturated heterocycles. The Hall–Kier alpha value is -0.750. The molecule has 6 heteroatoms. The molecule has 15 heavy (non-hydrogen) atoms. The number of hydrogen-bond donors (Lipinski definition) is 1. The van der Waals surface area contributed by atoms with Gasteiger partial charge < -0.3 is 10.1 Å². The smallest absolute Gasteiger partial charge is 0.263 e. The van der Waals surface area contributed by atoms with E-state index >= 15 is 0 Å². The fourth-order valence-electron chi connectivity index (χ4n) is 1.53. The van der Waals surface area contributed by atoms with Crippen molar-refractivity contribution in [1.29, 1.82) is 0 Å². The van der Waals surface area contributed by atoms with Crippen LogP contribution in [0.15, 0.2) is 11.2 Å². The van der Waals surface area contributed by atoms with E-state index < -0.39 is 4.92 Å². The third-order valence-corrected chi connectivity index (χ3v) is 3.15. The molecule has 0 aromatic heterocycles. The molecule has 0 aromatic carbocycles. The summed E-state index contributed by atoms with van der Waals surface area (Å²) in [4.78, 5) is 9.89. The highest BCUT2D eigenvalue weighted by Gasteiger charge is 2.22. The molecule has 1 aliphatic heterocycles. The van der Waals surface area contributed by atoms with Crippen molar-refractivity contribution in [1.82, 2.24) is 5.32 Å². The van der Waals surface area contributed by atoms with Crippen molar-refractivity contribution in [2.75, 3.05) is 19.5 Å². The second-order valence-corrected chi connectivity index (χ2v) is 4.39. The van der Waals surface area contributed by atoms with E-state index in [0.29, 0.717) is 10.9 Å². The third-order valence-electron chi connectivity index (χ3n) is 2.48. The van der Waals surface area contributed by atoms with Gasteiger partial charge in [-0.3, -0.25) is 10.1 Å². The van der Waals surface area contributed by atoms with Crippen molar-refractivity contribution in [3.8, 4) is 0 Å². The van der Waals surface area contributed by atoms with Crippen LogP contribution in [-0.2, 0) is 4.74 Å². The van der Waals surface area contributed by atoms with Crippen LogP contribution in [0.5, 0.6) is 0 Å². The fraction of sp³-hybridized carbons (Fsp3) is 0.778. The Morgan fingerprint density at radius 2 is 2.53 bits per heavy atom.